The number of allylic oxidation sites excluding steroid dienone is 1. The number of amides is 1. The van der Waals surface area contributed by atoms with Gasteiger partial charge < -0.3 is 4.90 Å². The van der Waals surface area contributed by atoms with Crippen molar-refractivity contribution in [3.63, 3.8) is 0 Å². The van der Waals surface area contributed by atoms with E-state index in [2.05, 4.69) is 29.2 Å². The molecule has 0 spiro atoms. The Morgan fingerprint density at radius 2 is 2.17 bits per heavy atom. The zero-order chi connectivity index (χ0) is 13.1. The number of halogens is 1. The predicted octanol–water partition coefficient (Wildman–Crippen LogP) is 2.77. The maximum Gasteiger partial charge on any atom is 0.259 e. The van der Waals surface area contributed by atoms with E-state index in [0.717, 1.165) is 3.57 Å². The van der Waals surface area contributed by atoms with Crippen LogP contribution < -0.4 is 0 Å². The minimum absolute atomic E-state index is 0.0201. The summed E-state index contributed by atoms with van der Waals surface area (Å²) in [6.07, 6.45) is 4.92. The normalized spacial score (nSPS) is 18.8. The van der Waals surface area contributed by atoms with Crippen LogP contribution in [0.25, 0.3) is 0 Å². The van der Waals surface area contributed by atoms with E-state index in [0.29, 0.717) is 12.0 Å². The van der Waals surface area contributed by atoms with Crippen LogP contribution in [0.5, 0.6) is 0 Å². The lowest BCUT2D eigenvalue weighted by Crippen LogP contribution is -2.39. The molecule has 92 valence electrons. The summed E-state index contributed by atoms with van der Waals surface area (Å²) in [5.74, 6) is -0.0830. The molecule has 2 rings (SSSR count). The van der Waals surface area contributed by atoms with E-state index in [1.807, 2.05) is 18.2 Å². The summed E-state index contributed by atoms with van der Waals surface area (Å²) in [4.78, 5) is 25.3. The average molecular weight is 353 g/mol. The molecule has 0 aliphatic carbocycles. The lowest BCUT2D eigenvalue weighted by molar-refractivity contribution is -0.115. The van der Waals surface area contributed by atoms with Crippen molar-refractivity contribution in [1.82, 2.24) is 4.90 Å². The minimum Gasteiger partial charge on any atom is -0.308 e. The number of hydrogen-bond donors (Lipinski definition) is 0. The first-order chi connectivity index (χ1) is 8.63. The van der Waals surface area contributed by atoms with Crippen molar-refractivity contribution < 1.29 is 9.59 Å². The summed E-state index contributed by atoms with van der Waals surface area (Å²) in [5, 5.41) is 0. The molecule has 1 heterocycles. The molecule has 0 saturated carbocycles. The number of nitrogens with zero attached hydrogens (tertiary/aromatic N) is 1. The largest absolute Gasteiger partial charge is 0.308 e. The van der Waals surface area contributed by atoms with Crippen LogP contribution in [0.15, 0.2) is 49.2 Å². The van der Waals surface area contributed by atoms with Gasteiger partial charge in [0.05, 0.1) is 11.6 Å². The average Bonchev–Trinajstić information content (AvgIpc) is 2.38. The number of benzene rings is 1. The van der Waals surface area contributed by atoms with E-state index >= 15 is 0 Å². The molecule has 1 amide bonds. The second-order valence-corrected chi connectivity index (χ2v) is 5.14. The zero-order valence-corrected chi connectivity index (χ0v) is 11.8. The molecule has 1 aromatic rings. The van der Waals surface area contributed by atoms with Crippen LogP contribution in [0.1, 0.15) is 16.8 Å². The molecule has 1 aromatic carbocycles. The van der Waals surface area contributed by atoms with E-state index in [1.165, 1.54) is 6.08 Å². The molecule has 3 nitrogen and oxygen atoms in total. The summed E-state index contributed by atoms with van der Waals surface area (Å²) >= 11 is 2.13. The second kappa shape index (κ2) is 5.48. The fourth-order valence-electron chi connectivity index (χ4n) is 1.84. The monoisotopic (exact) mass is 353 g/mol. The third-order valence-electron chi connectivity index (χ3n) is 2.80. The Bertz CT molecular complexity index is 536. The quantitative estimate of drug-likeness (QED) is 0.606. The molecule has 18 heavy (non-hydrogen) atoms. The van der Waals surface area contributed by atoms with Gasteiger partial charge >= 0.3 is 0 Å². The van der Waals surface area contributed by atoms with Gasteiger partial charge in [0.25, 0.3) is 5.91 Å². The van der Waals surface area contributed by atoms with Gasteiger partial charge in [-0.3, -0.25) is 9.59 Å². The molecule has 1 unspecified atom stereocenters. The number of rotatable bonds is 2. The van der Waals surface area contributed by atoms with Crippen molar-refractivity contribution in [2.75, 3.05) is 0 Å². The molecular formula is C14H12INO2. The maximum atomic E-state index is 12.4. The molecule has 1 aliphatic rings. The number of carbonyl (C=O) groups is 2. The van der Waals surface area contributed by atoms with E-state index < -0.39 is 0 Å². The SMILES string of the molecule is C=CC1CC(=O)C=CN1C(=O)c1ccccc1I. The highest BCUT2D eigenvalue weighted by atomic mass is 127. The molecule has 0 saturated heterocycles. The second-order valence-electron chi connectivity index (χ2n) is 3.98. The highest BCUT2D eigenvalue weighted by molar-refractivity contribution is 14.1. The Hall–Kier alpha value is -1.43. The third kappa shape index (κ3) is 2.53. The van der Waals surface area contributed by atoms with Crippen molar-refractivity contribution in [1.29, 1.82) is 0 Å². The van der Waals surface area contributed by atoms with Gasteiger partial charge in [-0.2, -0.15) is 0 Å². The molecule has 1 aliphatic heterocycles. The molecule has 0 aromatic heterocycles. The Morgan fingerprint density at radius 3 is 2.83 bits per heavy atom. The first-order valence-electron chi connectivity index (χ1n) is 5.54. The summed E-state index contributed by atoms with van der Waals surface area (Å²) in [6, 6.07) is 7.13. The van der Waals surface area contributed by atoms with E-state index in [4.69, 9.17) is 0 Å². The van der Waals surface area contributed by atoms with Crippen LogP contribution in [0.3, 0.4) is 0 Å². The van der Waals surface area contributed by atoms with E-state index in [9.17, 15) is 9.59 Å². The Kier molecular flexibility index (Phi) is 3.96. The summed E-state index contributed by atoms with van der Waals surface area (Å²) in [6.45, 7) is 3.69. The molecule has 0 bridgehead atoms. The zero-order valence-electron chi connectivity index (χ0n) is 9.67. The number of ketones is 1. The Balaban J connectivity index is 2.34. The molecular weight excluding hydrogens is 341 g/mol. The van der Waals surface area contributed by atoms with E-state index in [1.54, 1.807) is 23.2 Å². The van der Waals surface area contributed by atoms with Gasteiger partial charge in [-0.1, -0.05) is 18.2 Å². The molecule has 0 radical (unpaired) electrons. The predicted molar refractivity (Wildman–Crippen MR) is 78.1 cm³/mol. The van der Waals surface area contributed by atoms with Crippen LogP contribution in [0, 0.1) is 3.57 Å². The van der Waals surface area contributed by atoms with Gasteiger partial charge in [0.1, 0.15) is 0 Å². The molecule has 0 fully saturated rings. The first kappa shape index (κ1) is 13.0. The standard InChI is InChI=1S/C14H12INO2/c1-2-10-9-11(17)7-8-16(10)14(18)12-5-3-4-6-13(12)15/h2-8,10H,1,9H2. The lowest BCUT2D eigenvalue weighted by Gasteiger charge is -2.28. The summed E-state index contributed by atoms with van der Waals surface area (Å²) in [5.41, 5.74) is 0.643. The van der Waals surface area contributed by atoms with Crippen molar-refractivity contribution in [2.45, 2.75) is 12.5 Å². The van der Waals surface area contributed by atoms with Gasteiger partial charge in [-0.15, -0.1) is 6.58 Å². The van der Waals surface area contributed by atoms with Gasteiger partial charge in [0.15, 0.2) is 5.78 Å². The topological polar surface area (TPSA) is 37.4 Å². The van der Waals surface area contributed by atoms with Crippen molar-refractivity contribution in [3.8, 4) is 0 Å². The summed E-state index contributed by atoms with van der Waals surface area (Å²) in [7, 11) is 0. The third-order valence-corrected chi connectivity index (χ3v) is 3.74. The van der Waals surface area contributed by atoms with Gasteiger partial charge in [0, 0.05) is 16.2 Å². The highest BCUT2D eigenvalue weighted by Crippen LogP contribution is 2.20. The molecule has 4 heteroatoms. The fraction of sp³-hybridized carbons (Fsp3) is 0.143. The Labute approximate surface area is 119 Å². The Morgan fingerprint density at radius 1 is 1.44 bits per heavy atom. The van der Waals surface area contributed by atoms with Gasteiger partial charge in [-0.05, 0) is 40.8 Å². The van der Waals surface area contributed by atoms with Crippen LogP contribution in [0.4, 0.5) is 0 Å². The summed E-state index contributed by atoms with van der Waals surface area (Å²) < 4.78 is 0.896. The van der Waals surface area contributed by atoms with Gasteiger partial charge in [0.2, 0.25) is 0 Å². The van der Waals surface area contributed by atoms with Crippen molar-refractivity contribution in [3.05, 3.63) is 58.3 Å². The highest BCUT2D eigenvalue weighted by Gasteiger charge is 2.26. The first-order valence-corrected chi connectivity index (χ1v) is 6.62. The van der Waals surface area contributed by atoms with E-state index in [-0.39, 0.29) is 17.7 Å². The number of hydrogen-bond acceptors (Lipinski definition) is 2. The molecule has 0 N–H and O–H groups in total. The molecule has 1 atom stereocenters. The van der Waals surface area contributed by atoms with Crippen molar-refractivity contribution >= 4 is 34.3 Å². The number of carbonyl (C=O) groups excluding carboxylic acids is 2. The van der Waals surface area contributed by atoms with Crippen molar-refractivity contribution in [2.24, 2.45) is 0 Å². The van der Waals surface area contributed by atoms with Crippen LogP contribution in [-0.2, 0) is 4.79 Å². The maximum absolute atomic E-state index is 12.4. The van der Waals surface area contributed by atoms with Crippen LogP contribution in [0.2, 0.25) is 0 Å². The smallest absolute Gasteiger partial charge is 0.259 e. The lowest BCUT2D eigenvalue weighted by atomic mass is 10.0. The minimum atomic E-state index is -0.258. The van der Waals surface area contributed by atoms with Crippen LogP contribution >= 0.6 is 22.6 Å². The fourth-order valence-corrected chi connectivity index (χ4v) is 2.45. The van der Waals surface area contributed by atoms with Crippen LogP contribution in [-0.4, -0.2) is 22.6 Å². The van der Waals surface area contributed by atoms with Gasteiger partial charge in [-0.25, -0.2) is 0 Å².